The third kappa shape index (κ3) is 4.72. The van der Waals surface area contributed by atoms with Crippen LogP contribution < -0.4 is 10.6 Å². The SMILES string of the molecule is CC(C)Nc1cc(-c2cnn3cc(C4CC4)cnc23)ncc1C(=O)NC[C@@H](F)C(C)(C)O. The molecule has 1 fully saturated rings. The molecule has 0 spiro atoms. The predicted octanol–water partition coefficient (Wildman–Crippen LogP) is 3.33. The van der Waals surface area contributed by atoms with Crippen LogP contribution in [0.25, 0.3) is 16.9 Å². The molecule has 3 aromatic heterocycles. The number of amides is 1. The highest BCUT2D eigenvalue weighted by molar-refractivity contribution is 6.00. The maximum Gasteiger partial charge on any atom is 0.255 e. The Bertz CT molecular complexity index is 1130. The monoisotopic (exact) mass is 440 g/mol. The minimum atomic E-state index is -1.59. The van der Waals surface area contributed by atoms with E-state index in [1.54, 1.807) is 16.8 Å². The van der Waals surface area contributed by atoms with Crippen LogP contribution in [-0.4, -0.2) is 55.0 Å². The summed E-state index contributed by atoms with van der Waals surface area (Å²) in [5.74, 6) is 0.115. The molecule has 1 aliphatic rings. The maximum absolute atomic E-state index is 14.1. The van der Waals surface area contributed by atoms with E-state index in [1.807, 2.05) is 26.2 Å². The van der Waals surface area contributed by atoms with Gasteiger partial charge >= 0.3 is 0 Å². The number of hydrogen-bond donors (Lipinski definition) is 3. The molecule has 3 N–H and O–H groups in total. The van der Waals surface area contributed by atoms with E-state index in [0.717, 1.165) is 5.56 Å². The van der Waals surface area contributed by atoms with Crippen LogP contribution in [0, 0.1) is 0 Å². The second kappa shape index (κ2) is 8.46. The van der Waals surface area contributed by atoms with E-state index in [1.165, 1.54) is 38.4 Å². The lowest BCUT2D eigenvalue weighted by molar-refractivity contribution is -0.00177. The van der Waals surface area contributed by atoms with Crippen LogP contribution in [0.5, 0.6) is 0 Å². The number of carbonyl (C=O) groups is 1. The van der Waals surface area contributed by atoms with Crippen LogP contribution >= 0.6 is 0 Å². The summed E-state index contributed by atoms with van der Waals surface area (Å²) in [6, 6.07) is 1.84. The number of halogens is 1. The first kappa shape index (κ1) is 22.1. The van der Waals surface area contributed by atoms with Gasteiger partial charge in [0.25, 0.3) is 5.91 Å². The summed E-state index contributed by atoms with van der Waals surface area (Å²) in [6.45, 7) is 6.36. The molecule has 0 unspecified atom stereocenters. The van der Waals surface area contributed by atoms with Crippen molar-refractivity contribution in [2.75, 3.05) is 11.9 Å². The Balaban J connectivity index is 1.62. The number of hydrogen-bond acceptors (Lipinski definition) is 6. The third-order valence-corrected chi connectivity index (χ3v) is 5.50. The molecular weight excluding hydrogens is 411 g/mol. The minimum Gasteiger partial charge on any atom is -0.387 e. The molecular formula is C23H29FN6O2. The lowest BCUT2D eigenvalue weighted by Gasteiger charge is -2.23. The van der Waals surface area contributed by atoms with E-state index >= 15 is 0 Å². The quantitative estimate of drug-likeness (QED) is 0.496. The van der Waals surface area contributed by atoms with Crippen LogP contribution in [0.2, 0.25) is 0 Å². The van der Waals surface area contributed by atoms with Gasteiger partial charge in [0.1, 0.15) is 6.17 Å². The number of rotatable bonds is 8. The Hall–Kier alpha value is -3.07. The molecule has 1 atom stereocenters. The summed E-state index contributed by atoms with van der Waals surface area (Å²) >= 11 is 0. The van der Waals surface area contributed by atoms with Crippen molar-refractivity contribution in [2.45, 2.75) is 64.3 Å². The molecule has 0 aliphatic heterocycles. The van der Waals surface area contributed by atoms with Gasteiger partial charge in [0, 0.05) is 24.6 Å². The van der Waals surface area contributed by atoms with Crippen molar-refractivity contribution in [2.24, 2.45) is 0 Å². The lowest BCUT2D eigenvalue weighted by Crippen LogP contribution is -2.42. The van der Waals surface area contributed by atoms with Crippen LogP contribution in [0.3, 0.4) is 0 Å². The van der Waals surface area contributed by atoms with Gasteiger partial charge in [-0.1, -0.05) is 0 Å². The zero-order valence-corrected chi connectivity index (χ0v) is 18.8. The summed E-state index contributed by atoms with van der Waals surface area (Å²) in [7, 11) is 0. The second-order valence-corrected chi connectivity index (χ2v) is 9.23. The van der Waals surface area contributed by atoms with Gasteiger partial charge < -0.3 is 15.7 Å². The van der Waals surface area contributed by atoms with Crippen molar-refractivity contribution in [1.29, 1.82) is 0 Å². The molecule has 1 aliphatic carbocycles. The molecule has 170 valence electrons. The highest BCUT2D eigenvalue weighted by Crippen LogP contribution is 2.39. The zero-order valence-electron chi connectivity index (χ0n) is 18.8. The highest BCUT2D eigenvalue weighted by atomic mass is 19.1. The van der Waals surface area contributed by atoms with Gasteiger partial charge in [-0.2, -0.15) is 5.10 Å². The van der Waals surface area contributed by atoms with E-state index in [-0.39, 0.29) is 12.6 Å². The van der Waals surface area contributed by atoms with E-state index < -0.39 is 17.7 Å². The summed E-state index contributed by atoms with van der Waals surface area (Å²) in [5, 5.41) is 20.0. The number of nitrogens with one attached hydrogen (secondary N) is 2. The van der Waals surface area contributed by atoms with Gasteiger partial charge in [-0.15, -0.1) is 0 Å². The van der Waals surface area contributed by atoms with E-state index in [9.17, 15) is 14.3 Å². The highest BCUT2D eigenvalue weighted by Gasteiger charge is 2.28. The number of aromatic nitrogens is 4. The number of anilines is 1. The Morgan fingerprint density at radius 3 is 2.69 bits per heavy atom. The van der Waals surface area contributed by atoms with Crippen molar-refractivity contribution >= 4 is 17.2 Å². The standard InChI is InChI=1S/C23H29FN6O2/c1-13(2)29-19-7-18(25-9-17(19)22(31)27-11-20(24)23(3,4)32)16-10-28-30-12-15(14-5-6-14)8-26-21(16)30/h7-10,12-14,20,32H,5-6,11H2,1-4H3,(H,25,29)(H,27,31)/t20-/m1/s1. The lowest BCUT2D eigenvalue weighted by atomic mass is 10.0. The van der Waals surface area contributed by atoms with Gasteiger partial charge in [-0.05, 0) is 58.1 Å². The number of alkyl halides is 1. The topological polar surface area (TPSA) is 104 Å². The smallest absolute Gasteiger partial charge is 0.255 e. The maximum atomic E-state index is 14.1. The molecule has 3 heterocycles. The Kier molecular flexibility index (Phi) is 5.85. The first-order chi connectivity index (χ1) is 15.1. The van der Waals surface area contributed by atoms with Crippen molar-refractivity contribution in [1.82, 2.24) is 24.9 Å². The molecule has 9 heteroatoms. The Morgan fingerprint density at radius 2 is 2.03 bits per heavy atom. The molecule has 0 aromatic carbocycles. The Morgan fingerprint density at radius 1 is 1.28 bits per heavy atom. The van der Waals surface area contributed by atoms with E-state index in [2.05, 4.69) is 25.7 Å². The molecule has 4 rings (SSSR count). The fraction of sp³-hybridized carbons (Fsp3) is 0.478. The number of nitrogens with zero attached hydrogens (tertiary/aromatic N) is 4. The summed E-state index contributed by atoms with van der Waals surface area (Å²) in [6.07, 6.45) is 7.88. The van der Waals surface area contributed by atoms with Gasteiger partial charge in [0.2, 0.25) is 0 Å². The van der Waals surface area contributed by atoms with Crippen LogP contribution in [0.15, 0.2) is 30.9 Å². The summed E-state index contributed by atoms with van der Waals surface area (Å²) in [5.41, 5.74) is 2.61. The number of carbonyl (C=O) groups excluding carboxylic acids is 1. The molecule has 1 saturated carbocycles. The molecule has 0 saturated heterocycles. The van der Waals surface area contributed by atoms with Gasteiger partial charge in [-0.25, -0.2) is 13.9 Å². The summed E-state index contributed by atoms with van der Waals surface area (Å²) in [4.78, 5) is 21.8. The molecule has 3 aromatic rings. The van der Waals surface area contributed by atoms with Crippen LogP contribution in [0.4, 0.5) is 10.1 Å². The normalized spacial score (nSPS) is 15.2. The number of aliphatic hydroxyl groups is 1. The van der Waals surface area contributed by atoms with Crippen LogP contribution in [0.1, 0.15) is 62.4 Å². The average Bonchev–Trinajstić information content (AvgIpc) is 3.49. The van der Waals surface area contributed by atoms with Crippen molar-refractivity contribution in [3.63, 3.8) is 0 Å². The molecule has 8 nitrogen and oxygen atoms in total. The van der Waals surface area contributed by atoms with Crippen molar-refractivity contribution in [3.05, 3.63) is 42.0 Å². The van der Waals surface area contributed by atoms with Crippen LogP contribution in [-0.2, 0) is 0 Å². The zero-order chi connectivity index (χ0) is 23.0. The molecule has 0 bridgehead atoms. The molecule has 1 amide bonds. The van der Waals surface area contributed by atoms with Crippen molar-refractivity contribution in [3.8, 4) is 11.3 Å². The second-order valence-electron chi connectivity index (χ2n) is 9.23. The number of pyridine rings is 1. The fourth-order valence-electron chi connectivity index (χ4n) is 3.44. The first-order valence-electron chi connectivity index (χ1n) is 10.9. The minimum absolute atomic E-state index is 0.0604. The predicted molar refractivity (Wildman–Crippen MR) is 120 cm³/mol. The molecule has 32 heavy (non-hydrogen) atoms. The average molecular weight is 441 g/mol. The van der Waals surface area contributed by atoms with E-state index in [0.29, 0.717) is 28.5 Å². The van der Waals surface area contributed by atoms with Gasteiger partial charge in [0.15, 0.2) is 5.65 Å². The van der Waals surface area contributed by atoms with Gasteiger partial charge in [-0.3, -0.25) is 9.78 Å². The van der Waals surface area contributed by atoms with Crippen molar-refractivity contribution < 1.29 is 14.3 Å². The first-order valence-corrected chi connectivity index (χ1v) is 10.9. The fourth-order valence-corrected chi connectivity index (χ4v) is 3.44. The summed E-state index contributed by atoms with van der Waals surface area (Å²) < 4.78 is 15.8. The van der Waals surface area contributed by atoms with Gasteiger partial charge in [0.05, 0.1) is 40.9 Å². The number of fused-ring (bicyclic) bond motifs is 1. The Labute approximate surface area is 186 Å². The van der Waals surface area contributed by atoms with E-state index in [4.69, 9.17) is 0 Å². The molecule has 0 radical (unpaired) electrons. The largest absolute Gasteiger partial charge is 0.387 e. The third-order valence-electron chi connectivity index (χ3n) is 5.50.